The van der Waals surface area contributed by atoms with E-state index in [0.717, 1.165) is 5.56 Å². The Morgan fingerprint density at radius 2 is 1.82 bits per heavy atom. The van der Waals surface area contributed by atoms with Gasteiger partial charge in [-0.15, -0.1) is 0 Å². The minimum atomic E-state index is -4.86. The molecule has 1 fully saturated rings. The van der Waals surface area contributed by atoms with Crippen LogP contribution < -0.4 is 5.32 Å². The maximum Gasteiger partial charge on any atom is 0.340 e. The van der Waals surface area contributed by atoms with Crippen molar-refractivity contribution in [1.29, 1.82) is 10.5 Å². The number of hydrogen-bond acceptors (Lipinski definition) is 10. The van der Waals surface area contributed by atoms with E-state index in [0.29, 0.717) is 16.6 Å². The van der Waals surface area contributed by atoms with Crippen LogP contribution in [0.2, 0.25) is 5.15 Å². The summed E-state index contributed by atoms with van der Waals surface area (Å²) in [5.41, 5.74) is 1.91. The fourth-order valence-electron chi connectivity index (χ4n) is 4.30. The Hall–Kier alpha value is -2.84. The molecule has 0 saturated carbocycles. The monoisotopic (exact) mass is 611 g/mol. The van der Waals surface area contributed by atoms with Crippen LogP contribution in [0.4, 0.5) is 5.69 Å². The zero-order valence-corrected chi connectivity index (χ0v) is 23.2. The molecule has 2 aromatic heterocycles. The van der Waals surface area contributed by atoms with Gasteiger partial charge in [-0.25, -0.2) is 4.98 Å². The fraction of sp³-hybridized carbons (Fsp3) is 0.348. The largest absolute Gasteiger partial charge is 0.387 e. The van der Waals surface area contributed by atoms with E-state index in [1.54, 1.807) is 30.3 Å². The molecule has 1 saturated heterocycles. The standard InChI is InChI=1S/C23H24ClN5O9P2/c1-12(14-4-2-13(8-25)3-5-14)27-18-15-6-7-29(22(15)28-21(24)16(18)9-26)23-20(31)19(30)17(38-23)10-37-40(35,36)11-39(32,33)34/h2-7,12,17,19-20,23,30-31H,10-11H2,1H3,(H,27,28)(H,35,36)(H2,32,33,34)/t12-,17+,19+,20+,23+/m0/s1. The molecule has 14 nitrogen and oxygen atoms in total. The third-order valence-corrected chi connectivity index (χ3v) is 9.97. The van der Waals surface area contributed by atoms with E-state index >= 15 is 0 Å². The van der Waals surface area contributed by atoms with Crippen molar-refractivity contribution < 1.29 is 43.3 Å². The maximum atomic E-state index is 12.0. The first-order valence-corrected chi connectivity index (χ1v) is 15.6. The smallest absolute Gasteiger partial charge is 0.340 e. The highest BCUT2D eigenvalue weighted by atomic mass is 35.5. The second-order valence-electron chi connectivity index (χ2n) is 9.11. The van der Waals surface area contributed by atoms with Crippen molar-refractivity contribution in [2.75, 3.05) is 17.8 Å². The number of aliphatic hydroxyl groups is 2. The number of benzene rings is 1. The molecule has 6 N–H and O–H groups in total. The van der Waals surface area contributed by atoms with E-state index < -0.39 is 52.2 Å². The minimum absolute atomic E-state index is 0.0652. The van der Waals surface area contributed by atoms with Gasteiger partial charge in [0, 0.05) is 17.6 Å². The Kier molecular flexibility index (Phi) is 8.71. The Labute approximate surface area is 232 Å². The summed E-state index contributed by atoms with van der Waals surface area (Å²) in [6.07, 6.45) is -4.27. The van der Waals surface area contributed by atoms with Crippen molar-refractivity contribution >= 4 is 43.5 Å². The van der Waals surface area contributed by atoms with Crippen LogP contribution in [0.3, 0.4) is 0 Å². The fourth-order valence-corrected chi connectivity index (χ4v) is 7.09. The van der Waals surface area contributed by atoms with Gasteiger partial charge in [0.25, 0.3) is 0 Å². The summed E-state index contributed by atoms with van der Waals surface area (Å²) in [6.45, 7) is 1.10. The number of nitriles is 2. The minimum Gasteiger partial charge on any atom is -0.387 e. The predicted molar refractivity (Wildman–Crippen MR) is 141 cm³/mol. The number of fused-ring (bicyclic) bond motifs is 1. The van der Waals surface area contributed by atoms with E-state index in [1.165, 1.54) is 10.8 Å². The summed E-state index contributed by atoms with van der Waals surface area (Å²) in [4.78, 5) is 31.9. The molecule has 212 valence electrons. The number of hydrogen-bond donors (Lipinski definition) is 6. The first-order valence-electron chi connectivity index (χ1n) is 11.6. The third-order valence-electron chi connectivity index (χ3n) is 6.24. The van der Waals surface area contributed by atoms with Crippen LogP contribution in [-0.4, -0.2) is 65.3 Å². The molecule has 1 aromatic carbocycles. The van der Waals surface area contributed by atoms with Gasteiger partial charge in [-0.1, -0.05) is 23.7 Å². The van der Waals surface area contributed by atoms with Gasteiger partial charge in [-0.3, -0.25) is 9.13 Å². The topological polar surface area (TPSA) is 231 Å². The van der Waals surface area contributed by atoms with Gasteiger partial charge in [0.2, 0.25) is 0 Å². The van der Waals surface area contributed by atoms with Crippen LogP contribution in [0, 0.1) is 22.7 Å². The molecule has 1 aliphatic heterocycles. The third kappa shape index (κ3) is 6.39. The van der Waals surface area contributed by atoms with Crippen LogP contribution in [0.25, 0.3) is 11.0 Å². The highest BCUT2D eigenvalue weighted by Gasteiger charge is 2.45. The normalized spacial score (nSPS) is 23.3. The number of anilines is 1. The number of pyridine rings is 1. The second-order valence-corrected chi connectivity index (χ2v) is 13.5. The van der Waals surface area contributed by atoms with Crippen molar-refractivity contribution in [3.8, 4) is 12.1 Å². The zero-order chi connectivity index (χ0) is 29.4. The summed E-state index contributed by atoms with van der Waals surface area (Å²) in [6, 6.07) is 12.2. The van der Waals surface area contributed by atoms with Gasteiger partial charge >= 0.3 is 15.2 Å². The molecule has 0 spiro atoms. The summed E-state index contributed by atoms with van der Waals surface area (Å²) >= 11 is 6.34. The quantitative estimate of drug-likeness (QED) is 0.151. The molecule has 3 aromatic rings. The van der Waals surface area contributed by atoms with Crippen molar-refractivity contribution in [2.45, 2.75) is 37.5 Å². The highest BCUT2D eigenvalue weighted by Crippen LogP contribution is 2.55. The first kappa shape index (κ1) is 30.1. The number of aliphatic hydroxyl groups excluding tert-OH is 2. The first-order chi connectivity index (χ1) is 18.7. The highest BCUT2D eigenvalue weighted by molar-refractivity contribution is 7.70. The molecule has 3 heterocycles. The van der Waals surface area contributed by atoms with Crippen LogP contribution in [0.5, 0.6) is 0 Å². The van der Waals surface area contributed by atoms with Gasteiger partial charge in [0.05, 0.1) is 23.9 Å². The lowest BCUT2D eigenvalue weighted by atomic mass is 10.1. The van der Waals surface area contributed by atoms with E-state index in [4.69, 9.17) is 35.9 Å². The van der Waals surface area contributed by atoms with E-state index in [1.807, 2.05) is 19.1 Å². The summed E-state index contributed by atoms with van der Waals surface area (Å²) in [7, 11) is -9.59. The lowest BCUT2D eigenvalue weighted by Crippen LogP contribution is -2.33. The molecule has 0 radical (unpaired) electrons. The molecule has 40 heavy (non-hydrogen) atoms. The number of ether oxygens (including phenoxy) is 1. The van der Waals surface area contributed by atoms with Gasteiger partial charge in [-0.2, -0.15) is 10.5 Å². The Morgan fingerprint density at radius 1 is 1.15 bits per heavy atom. The Balaban J connectivity index is 1.62. The molecule has 1 unspecified atom stereocenters. The molecule has 4 rings (SSSR count). The summed E-state index contributed by atoms with van der Waals surface area (Å²) in [5, 5.41) is 43.5. The van der Waals surface area contributed by atoms with Gasteiger partial charge in [0.15, 0.2) is 17.3 Å². The average molecular weight is 612 g/mol. The number of nitrogens with zero attached hydrogens (tertiary/aromatic N) is 4. The average Bonchev–Trinajstić information content (AvgIpc) is 3.41. The van der Waals surface area contributed by atoms with Gasteiger partial charge < -0.3 is 44.0 Å². The molecular formula is C23H24ClN5O9P2. The van der Waals surface area contributed by atoms with Crippen LogP contribution in [-0.2, 0) is 18.4 Å². The number of nitrogens with one attached hydrogen (secondary N) is 1. The van der Waals surface area contributed by atoms with Crippen molar-refractivity contribution in [2.24, 2.45) is 0 Å². The van der Waals surface area contributed by atoms with Gasteiger partial charge in [0.1, 0.15) is 35.6 Å². The molecule has 0 amide bonds. The second kappa shape index (κ2) is 11.6. The van der Waals surface area contributed by atoms with Gasteiger partial charge in [-0.05, 0) is 30.7 Å². The van der Waals surface area contributed by atoms with Crippen molar-refractivity contribution in [1.82, 2.24) is 9.55 Å². The maximum absolute atomic E-state index is 12.0. The molecular weight excluding hydrogens is 588 g/mol. The van der Waals surface area contributed by atoms with Crippen LogP contribution in [0.15, 0.2) is 36.5 Å². The van der Waals surface area contributed by atoms with Crippen LogP contribution in [0.1, 0.15) is 35.9 Å². The lowest BCUT2D eigenvalue weighted by molar-refractivity contribution is -0.0481. The molecule has 6 atom stereocenters. The lowest BCUT2D eigenvalue weighted by Gasteiger charge is -2.20. The number of rotatable bonds is 9. The number of halogens is 1. The zero-order valence-electron chi connectivity index (χ0n) is 20.7. The Morgan fingerprint density at radius 3 is 2.42 bits per heavy atom. The van der Waals surface area contributed by atoms with E-state index in [2.05, 4.69) is 10.3 Å². The molecule has 1 aliphatic rings. The van der Waals surface area contributed by atoms with E-state index in [-0.39, 0.29) is 22.4 Å². The van der Waals surface area contributed by atoms with E-state index in [9.17, 15) is 29.5 Å². The van der Waals surface area contributed by atoms with Crippen molar-refractivity contribution in [3.05, 3.63) is 58.4 Å². The SMILES string of the molecule is C[C@H](Nc1c(C#N)c(Cl)nc2c1ccn2[C@@H]1O[C@H](COP(=O)(O)CP(=O)(O)O)[C@@H](O)[C@H]1O)c1ccc(C#N)cc1. The Bertz CT molecular complexity index is 1600. The molecule has 17 heteroatoms. The summed E-state index contributed by atoms with van der Waals surface area (Å²) in [5.74, 6) is -1.42. The number of aromatic nitrogens is 2. The summed E-state index contributed by atoms with van der Waals surface area (Å²) < 4.78 is 34.8. The molecule has 0 bridgehead atoms. The predicted octanol–water partition coefficient (Wildman–Crippen LogP) is 2.56. The van der Waals surface area contributed by atoms with Crippen LogP contribution >= 0.6 is 26.8 Å². The van der Waals surface area contributed by atoms with Crippen molar-refractivity contribution in [3.63, 3.8) is 0 Å². The molecule has 0 aliphatic carbocycles.